The van der Waals surface area contributed by atoms with Crippen LogP contribution < -0.4 is 72.0 Å². The minimum Gasteiger partial charge on any atom is -0.370 e. The number of aliphatic imine (C=N–C) groups is 2. The zero-order valence-corrected chi connectivity index (χ0v) is 42.6. The van der Waals surface area contributed by atoms with Gasteiger partial charge in [-0.25, -0.2) is 0 Å². The SMILES string of the molecule is CC(C)C[C@H](NC(=O)[C@H](Cc1ccccc1)NC(=O)C(C)(C)N)C(=O)N[C@@H](Cc1ccccc1)C(=O)N[C@@H](CCCN=C(N)N)C(=O)N1CCC[C@H]1C(=O)N[C@@H](CCCN=C(N)N)C(=O)N[C@@H](CC(N)=O)C(N)=O. The Morgan fingerprint density at radius 1 is 0.608 bits per heavy atom. The number of carbonyl (C=O) groups excluding carboxylic acids is 9. The van der Waals surface area contributed by atoms with Crippen molar-refractivity contribution in [2.75, 3.05) is 19.6 Å². The van der Waals surface area contributed by atoms with E-state index in [4.69, 9.17) is 40.1 Å². The molecule has 0 bridgehead atoms. The maximum atomic E-state index is 14.7. The maximum Gasteiger partial charge on any atom is 0.245 e. The number of primary amides is 2. The van der Waals surface area contributed by atoms with E-state index in [0.29, 0.717) is 12.0 Å². The van der Waals surface area contributed by atoms with Gasteiger partial charge in [0.05, 0.1) is 12.0 Å². The van der Waals surface area contributed by atoms with Crippen molar-refractivity contribution in [3.05, 3.63) is 71.8 Å². The van der Waals surface area contributed by atoms with Crippen LogP contribution in [-0.4, -0.2) is 137 Å². The van der Waals surface area contributed by atoms with Crippen LogP contribution >= 0.6 is 0 Å². The van der Waals surface area contributed by atoms with Crippen LogP contribution in [0.4, 0.5) is 0 Å². The summed E-state index contributed by atoms with van der Waals surface area (Å²) < 4.78 is 0. The number of benzene rings is 2. The molecule has 0 unspecified atom stereocenters. The molecule has 1 fully saturated rings. The molecule has 0 spiro atoms. The lowest BCUT2D eigenvalue weighted by Gasteiger charge is -2.31. The summed E-state index contributed by atoms with van der Waals surface area (Å²) in [5.41, 5.74) is 38.8. The van der Waals surface area contributed by atoms with Crippen LogP contribution in [-0.2, 0) is 56.0 Å². The summed E-state index contributed by atoms with van der Waals surface area (Å²) in [6.45, 7) is 6.91. The lowest BCUT2D eigenvalue weighted by atomic mass is 9.99. The lowest BCUT2D eigenvalue weighted by molar-refractivity contribution is -0.142. The molecule has 1 heterocycles. The topological polar surface area (TPSA) is 436 Å². The zero-order chi connectivity index (χ0) is 55.1. The molecule has 7 atom stereocenters. The van der Waals surface area contributed by atoms with Crippen molar-refractivity contribution in [1.82, 2.24) is 36.8 Å². The minimum atomic E-state index is -1.49. The largest absolute Gasteiger partial charge is 0.370 e. The minimum absolute atomic E-state index is 0.0253. The molecule has 1 aliphatic rings. The van der Waals surface area contributed by atoms with E-state index in [0.717, 1.165) is 5.56 Å². The number of hydrogen-bond donors (Lipinski definition) is 13. The highest BCUT2D eigenvalue weighted by Crippen LogP contribution is 2.21. The summed E-state index contributed by atoms with van der Waals surface area (Å²) in [4.78, 5) is 132. The zero-order valence-electron chi connectivity index (χ0n) is 42.6. The normalized spacial score (nSPS) is 15.6. The molecule has 406 valence electrons. The fourth-order valence-electron chi connectivity index (χ4n) is 7.98. The number of carbonyl (C=O) groups is 9. The van der Waals surface area contributed by atoms with E-state index in [1.54, 1.807) is 54.6 Å². The van der Waals surface area contributed by atoms with Crippen molar-refractivity contribution in [2.45, 2.75) is 140 Å². The number of hydrogen-bond acceptors (Lipinski definition) is 12. The fraction of sp³-hybridized carbons (Fsp3) is 0.531. The molecule has 0 aliphatic carbocycles. The van der Waals surface area contributed by atoms with Crippen molar-refractivity contribution in [3.8, 4) is 0 Å². The Labute approximate surface area is 431 Å². The standard InChI is InChI=1S/C49H76N16O9/c1-28(2)24-34(62-43(71)36(64-46(74)49(3,4)56)26-30-16-9-6-10-17-30)41(69)63-35(25-29-14-7-5-8-15-29)42(70)60-32(19-12-22-58-48(54)55)45(73)65-23-13-20-37(65)44(72)59-31(18-11-21-57-47(52)53)40(68)61-33(39(51)67)27-38(50)66/h5-10,14-17,28,31-37H,11-13,18-27,56H2,1-4H3,(H2,50,66)(H2,51,67)(H,59,72)(H,60,70)(H,61,68)(H,62,71)(H,63,69)(H,64,74)(H4,52,53,57)(H4,54,55,58)/t31-,32-,33-,34-,35-,36-,37-/m0/s1. The number of guanidine groups is 2. The first kappa shape index (κ1) is 60.5. The van der Waals surface area contributed by atoms with Gasteiger partial charge in [-0.05, 0) is 75.8 Å². The van der Waals surface area contributed by atoms with E-state index in [2.05, 4.69) is 41.9 Å². The van der Waals surface area contributed by atoms with Crippen LogP contribution in [0.3, 0.4) is 0 Å². The average Bonchev–Trinajstić information content (AvgIpc) is 3.82. The summed E-state index contributed by atoms with van der Waals surface area (Å²) in [7, 11) is 0. The van der Waals surface area contributed by atoms with E-state index in [1.807, 2.05) is 19.9 Å². The third kappa shape index (κ3) is 21.1. The summed E-state index contributed by atoms with van der Waals surface area (Å²) in [6.07, 6.45) is 0.365. The van der Waals surface area contributed by atoms with Crippen molar-refractivity contribution < 1.29 is 43.2 Å². The van der Waals surface area contributed by atoms with Gasteiger partial charge in [-0.15, -0.1) is 0 Å². The van der Waals surface area contributed by atoms with E-state index in [9.17, 15) is 43.2 Å². The predicted molar refractivity (Wildman–Crippen MR) is 277 cm³/mol. The highest BCUT2D eigenvalue weighted by Gasteiger charge is 2.40. The quantitative estimate of drug-likeness (QED) is 0.0206. The number of rotatable bonds is 30. The molecule has 0 radical (unpaired) electrons. The van der Waals surface area contributed by atoms with Crippen LogP contribution in [0.5, 0.6) is 0 Å². The molecule has 20 N–H and O–H groups in total. The van der Waals surface area contributed by atoms with Crippen LogP contribution in [0, 0.1) is 5.92 Å². The van der Waals surface area contributed by atoms with Gasteiger partial charge in [0, 0.05) is 32.5 Å². The van der Waals surface area contributed by atoms with E-state index >= 15 is 0 Å². The Bertz CT molecular complexity index is 2300. The second kappa shape index (κ2) is 29.6. The van der Waals surface area contributed by atoms with Crippen LogP contribution in [0.25, 0.3) is 0 Å². The Balaban J connectivity index is 1.96. The summed E-state index contributed by atoms with van der Waals surface area (Å²) in [5, 5.41) is 16.1. The number of amides is 9. The maximum absolute atomic E-state index is 14.7. The molecule has 1 aliphatic heterocycles. The Kier molecular flexibility index (Phi) is 24.2. The highest BCUT2D eigenvalue weighted by atomic mass is 16.2. The van der Waals surface area contributed by atoms with Gasteiger partial charge >= 0.3 is 0 Å². The second-order valence-corrected chi connectivity index (χ2v) is 19.2. The first-order valence-corrected chi connectivity index (χ1v) is 24.5. The predicted octanol–water partition coefficient (Wildman–Crippen LogP) is -3.38. The molecular formula is C49H76N16O9. The van der Waals surface area contributed by atoms with Gasteiger partial charge in [-0.1, -0.05) is 74.5 Å². The Morgan fingerprint density at radius 3 is 1.53 bits per heavy atom. The molecule has 1 saturated heterocycles. The lowest BCUT2D eigenvalue weighted by Crippen LogP contribution is -2.61. The van der Waals surface area contributed by atoms with Crippen LogP contribution in [0.15, 0.2) is 70.6 Å². The van der Waals surface area contributed by atoms with Gasteiger partial charge < -0.3 is 76.9 Å². The number of nitrogens with zero attached hydrogens (tertiary/aromatic N) is 3. The monoisotopic (exact) mass is 1030 g/mol. The first-order valence-electron chi connectivity index (χ1n) is 24.5. The molecule has 0 aromatic heterocycles. The van der Waals surface area contributed by atoms with Crippen LogP contribution in [0.2, 0.25) is 0 Å². The molecule has 0 saturated carbocycles. The van der Waals surface area contributed by atoms with Gasteiger partial charge in [-0.2, -0.15) is 0 Å². The Hall–Kier alpha value is -7.83. The van der Waals surface area contributed by atoms with E-state index in [1.165, 1.54) is 18.7 Å². The molecule has 74 heavy (non-hydrogen) atoms. The fourth-order valence-corrected chi connectivity index (χ4v) is 7.98. The van der Waals surface area contributed by atoms with E-state index in [-0.39, 0.29) is 88.8 Å². The summed E-state index contributed by atoms with van der Waals surface area (Å²) >= 11 is 0. The third-order valence-electron chi connectivity index (χ3n) is 11.8. The highest BCUT2D eigenvalue weighted by molar-refractivity contribution is 5.98. The molecule has 2 aromatic rings. The summed E-state index contributed by atoms with van der Waals surface area (Å²) in [5.74, 6) is -7.52. The van der Waals surface area contributed by atoms with Crippen molar-refractivity contribution in [2.24, 2.45) is 56.0 Å². The number of nitrogens with two attached hydrogens (primary N) is 7. The van der Waals surface area contributed by atoms with Crippen molar-refractivity contribution in [3.63, 3.8) is 0 Å². The molecule has 25 heteroatoms. The summed E-state index contributed by atoms with van der Waals surface area (Å²) in [6, 6.07) is 8.84. The number of likely N-dealkylation sites (tertiary alicyclic amines) is 1. The van der Waals surface area contributed by atoms with Gasteiger partial charge in [-0.3, -0.25) is 53.1 Å². The molecule has 3 rings (SSSR count). The van der Waals surface area contributed by atoms with Crippen LogP contribution in [0.1, 0.15) is 90.2 Å². The van der Waals surface area contributed by atoms with Gasteiger partial charge in [0.25, 0.3) is 0 Å². The Morgan fingerprint density at radius 2 is 1.05 bits per heavy atom. The third-order valence-corrected chi connectivity index (χ3v) is 11.8. The van der Waals surface area contributed by atoms with Gasteiger partial charge in [0.1, 0.15) is 42.3 Å². The molecule has 25 nitrogen and oxygen atoms in total. The first-order chi connectivity index (χ1) is 34.9. The van der Waals surface area contributed by atoms with Gasteiger partial charge in [0.2, 0.25) is 53.2 Å². The van der Waals surface area contributed by atoms with Gasteiger partial charge in [0.15, 0.2) is 11.9 Å². The molecule has 2 aromatic carbocycles. The number of nitrogens with one attached hydrogen (secondary N) is 6. The van der Waals surface area contributed by atoms with E-state index < -0.39 is 107 Å². The van der Waals surface area contributed by atoms with Crippen molar-refractivity contribution in [1.29, 1.82) is 0 Å². The molecular weight excluding hydrogens is 957 g/mol. The smallest absolute Gasteiger partial charge is 0.245 e. The molecule has 9 amide bonds. The second-order valence-electron chi connectivity index (χ2n) is 19.2. The average molecular weight is 1030 g/mol. The van der Waals surface area contributed by atoms with Crippen molar-refractivity contribution >= 4 is 65.1 Å².